The van der Waals surface area contributed by atoms with E-state index in [0.717, 1.165) is 0 Å². The van der Waals surface area contributed by atoms with Crippen LogP contribution in [0.5, 0.6) is 0 Å². The summed E-state index contributed by atoms with van der Waals surface area (Å²) in [4.78, 5) is 11.6. The first-order valence-electron chi connectivity index (χ1n) is 4.61. The Morgan fingerprint density at radius 3 is 2.62 bits per heavy atom. The first-order valence-corrected chi connectivity index (χ1v) is 5.40. The molecule has 0 aliphatic heterocycles. The number of rotatable bonds is 5. The van der Waals surface area contributed by atoms with Crippen molar-refractivity contribution >= 4 is 21.7 Å². The summed E-state index contributed by atoms with van der Waals surface area (Å²) in [5.41, 5.74) is 0.573. The number of Topliss-reactive ketones (excluding diaryl/α,β-unsaturated/α-hetero) is 1. The lowest BCUT2D eigenvalue weighted by molar-refractivity contribution is -0.155. The van der Waals surface area contributed by atoms with Gasteiger partial charge >= 0.3 is 0 Å². The number of halogens is 2. The smallest absolute Gasteiger partial charge is 0.217 e. The summed E-state index contributed by atoms with van der Waals surface area (Å²) < 4.78 is 23.1. The molecule has 88 valence electrons. The fourth-order valence-corrected chi connectivity index (χ4v) is 1.72. The number of carbonyl (C=O) groups is 1. The van der Waals surface area contributed by atoms with Gasteiger partial charge in [-0.15, -0.1) is 0 Å². The first-order chi connectivity index (χ1) is 7.60. The van der Waals surface area contributed by atoms with E-state index in [1.165, 1.54) is 20.3 Å². The van der Waals surface area contributed by atoms with Crippen molar-refractivity contribution < 1.29 is 18.7 Å². The van der Waals surface area contributed by atoms with Crippen LogP contribution >= 0.6 is 15.9 Å². The SMILES string of the molecule is COC(OC)C(=O)Cc1cccc(F)c1Br. The number of hydrogen-bond acceptors (Lipinski definition) is 3. The van der Waals surface area contributed by atoms with Gasteiger partial charge in [0.15, 0.2) is 5.78 Å². The van der Waals surface area contributed by atoms with Crippen LogP contribution in [0.3, 0.4) is 0 Å². The molecule has 0 saturated heterocycles. The molecule has 0 aliphatic rings. The van der Waals surface area contributed by atoms with Gasteiger partial charge in [0, 0.05) is 20.6 Å². The van der Waals surface area contributed by atoms with Crippen LogP contribution in [-0.4, -0.2) is 26.3 Å². The van der Waals surface area contributed by atoms with Gasteiger partial charge in [-0.2, -0.15) is 0 Å². The maximum atomic E-state index is 13.2. The molecule has 5 heteroatoms. The third kappa shape index (κ3) is 3.10. The van der Waals surface area contributed by atoms with Gasteiger partial charge in [-0.25, -0.2) is 4.39 Å². The average molecular weight is 291 g/mol. The van der Waals surface area contributed by atoms with E-state index in [1.54, 1.807) is 12.1 Å². The van der Waals surface area contributed by atoms with E-state index >= 15 is 0 Å². The van der Waals surface area contributed by atoms with Crippen LogP contribution in [0.2, 0.25) is 0 Å². The van der Waals surface area contributed by atoms with Gasteiger partial charge in [0.05, 0.1) is 4.47 Å². The Labute approximate surface area is 102 Å². The fraction of sp³-hybridized carbons (Fsp3) is 0.364. The summed E-state index contributed by atoms with van der Waals surface area (Å²) in [5, 5.41) is 0. The summed E-state index contributed by atoms with van der Waals surface area (Å²) >= 11 is 3.09. The molecule has 0 unspecified atom stereocenters. The van der Waals surface area contributed by atoms with E-state index in [0.29, 0.717) is 10.0 Å². The molecule has 0 fully saturated rings. The van der Waals surface area contributed by atoms with Crippen LogP contribution in [-0.2, 0) is 20.7 Å². The highest BCUT2D eigenvalue weighted by molar-refractivity contribution is 9.10. The Morgan fingerprint density at radius 1 is 1.44 bits per heavy atom. The minimum Gasteiger partial charge on any atom is -0.349 e. The summed E-state index contributed by atoms with van der Waals surface area (Å²) in [7, 11) is 2.76. The molecule has 1 aromatic rings. The third-order valence-corrected chi connectivity index (χ3v) is 2.98. The number of ether oxygens (including phenoxy) is 2. The molecule has 0 spiro atoms. The highest BCUT2D eigenvalue weighted by Gasteiger charge is 2.18. The van der Waals surface area contributed by atoms with Crippen molar-refractivity contribution in [3.8, 4) is 0 Å². The molecule has 0 amide bonds. The second kappa shape index (κ2) is 6.08. The summed E-state index contributed by atoms with van der Waals surface area (Å²) in [5.74, 6) is -0.645. The molecule has 0 atom stereocenters. The van der Waals surface area contributed by atoms with Crippen molar-refractivity contribution in [2.75, 3.05) is 14.2 Å². The maximum Gasteiger partial charge on any atom is 0.217 e. The molecule has 1 rings (SSSR count). The first kappa shape index (κ1) is 13.3. The van der Waals surface area contributed by atoms with E-state index in [2.05, 4.69) is 15.9 Å². The Balaban J connectivity index is 2.80. The van der Waals surface area contributed by atoms with Gasteiger partial charge in [-0.1, -0.05) is 12.1 Å². The predicted molar refractivity (Wildman–Crippen MR) is 60.6 cm³/mol. The average Bonchev–Trinajstić information content (AvgIpc) is 2.26. The quantitative estimate of drug-likeness (QED) is 0.781. The predicted octanol–water partition coefficient (Wildman–Crippen LogP) is 2.32. The van der Waals surface area contributed by atoms with Gasteiger partial charge in [0.1, 0.15) is 5.82 Å². The van der Waals surface area contributed by atoms with Crippen LogP contribution in [0.1, 0.15) is 5.56 Å². The molecule has 0 aromatic heterocycles. The van der Waals surface area contributed by atoms with Crippen LogP contribution in [0.4, 0.5) is 4.39 Å². The molecule has 1 aromatic carbocycles. The molecular formula is C11H12BrFO3. The molecule has 0 saturated carbocycles. The Kier molecular flexibility index (Phi) is 5.05. The second-order valence-corrected chi connectivity index (χ2v) is 3.95. The molecule has 0 N–H and O–H groups in total. The summed E-state index contributed by atoms with van der Waals surface area (Å²) in [6.07, 6.45) is -0.847. The fourth-order valence-electron chi connectivity index (χ4n) is 1.32. The number of methoxy groups -OCH3 is 2. The van der Waals surface area contributed by atoms with Gasteiger partial charge in [-0.3, -0.25) is 4.79 Å². The highest BCUT2D eigenvalue weighted by atomic mass is 79.9. The van der Waals surface area contributed by atoms with E-state index in [4.69, 9.17) is 9.47 Å². The minimum atomic E-state index is -0.907. The van der Waals surface area contributed by atoms with Crippen molar-refractivity contribution in [3.63, 3.8) is 0 Å². The summed E-state index contributed by atoms with van der Waals surface area (Å²) in [6.45, 7) is 0. The van der Waals surface area contributed by atoms with Crippen molar-refractivity contribution in [1.29, 1.82) is 0 Å². The number of benzene rings is 1. The number of hydrogen-bond donors (Lipinski definition) is 0. The third-order valence-electron chi connectivity index (χ3n) is 2.09. The number of carbonyl (C=O) groups excluding carboxylic acids is 1. The molecule has 0 aliphatic carbocycles. The topological polar surface area (TPSA) is 35.5 Å². The maximum absolute atomic E-state index is 13.2. The van der Waals surface area contributed by atoms with Gasteiger partial charge in [0.2, 0.25) is 6.29 Å². The van der Waals surface area contributed by atoms with E-state index < -0.39 is 12.1 Å². The molecule has 0 heterocycles. The largest absolute Gasteiger partial charge is 0.349 e. The van der Waals surface area contributed by atoms with Crippen molar-refractivity contribution in [3.05, 3.63) is 34.1 Å². The van der Waals surface area contributed by atoms with E-state index in [9.17, 15) is 9.18 Å². The van der Waals surface area contributed by atoms with Crippen LogP contribution in [0, 0.1) is 5.82 Å². The Morgan fingerprint density at radius 2 is 2.06 bits per heavy atom. The zero-order valence-corrected chi connectivity index (χ0v) is 10.6. The van der Waals surface area contributed by atoms with Crippen LogP contribution in [0.25, 0.3) is 0 Å². The summed E-state index contributed by atoms with van der Waals surface area (Å²) in [6, 6.07) is 4.55. The minimum absolute atomic E-state index is 0.0602. The van der Waals surface area contributed by atoms with Gasteiger partial charge in [0.25, 0.3) is 0 Å². The molecule has 3 nitrogen and oxygen atoms in total. The molecular weight excluding hydrogens is 279 g/mol. The van der Waals surface area contributed by atoms with Crippen LogP contribution < -0.4 is 0 Å². The Hall–Kier alpha value is -0.780. The van der Waals surface area contributed by atoms with Gasteiger partial charge < -0.3 is 9.47 Å². The van der Waals surface area contributed by atoms with Crippen molar-refractivity contribution in [1.82, 2.24) is 0 Å². The lowest BCUT2D eigenvalue weighted by Gasteiger charge is -2.12. The Bertz CT molecular complexity index is 377. The normalized spacial score (nSPS) is 10.8. The van der Waals surface area contributed by atoms with E-state index in [1.807, 2.05) is 0 Å². The molecule has 0 radical (unpaired) electrons. The standard InChI is InChI=1S/C11H12BrFO3/c1-15-11(16-2)9(14)6-7-4-3-5-8(13)10(7)12/h3-5,11H,6H2,1-2H3. The number of ketones is 1. The van der Waals surface area contributed by atoms with Crippen molar-refractivity contribution in [2.24, 2.45) is 0 Å². The van der Waals surface area contributed by atoms with E-state index in [-0.39, 0.29) is 12.2 Å². The lowest BCUT2D eigenvalue weighted by atomic mass is 10.1. The monoisotopic (exact) mass is 290 g/mol. The van der Waals surface area contributed by atoms with Gasteiger partial charge in [-0.05, 0) is 27.6 Å². The zero-order valence-electron chi connectivity index (χ0n) is 9.00. The molecule has 0 bridgehead atoms. The highest BCUT2D eigenvalue weighted by Crippen LogP contribution is 2.21. The zero-order chi connectivity index (χ0) is 12.1. The lowest BCUT2D eigenvalue weighted by Crippen LogP contribution is -2.26. The van der Waals surface area contributed by atoms with Crippen molar-refractivity contribution in [2.45, 2.75) is 12.7 Å². The second-order valence-electron chi connectivity index (χ2n) is 3.16. The molecule has 16 heavy (non-hydrogen) atoms. The van der Waals surface area contributed by atoms with Crippen LogP contribution in [0.15, 0.2) is 22.7 Å².